The number of hydrogen-bond donors (Lipinski definition) is 2. The van der Waals surface area contributed by atoms with Gasteiger partial charge in [0.1, 0.15) is 11.2 Å². The van der Waals surface area contributed by atoms with E-state index < -0.39 is 0 Å². The summed E-state index contributed by atoms with van der Waals surface area (Å²) in [6.45, 7) is 0. The van der Waals surface area contributed by atoms with Crippen molar-refractivity contribution in [3.8, 4) is 11.4 Å². The van der Waals surface area contributed by atoms with Crippen molar-refractivity contribution >= 4 is 40.0 Å². The van der Waals surface area contributed by atoms with E-state index in [1.807, 2.05) is 23.7 Å². The van der Waals surface area contributed by atoms with Gasteiger partial charge in [-0.1, -0.05) is 0 Å². The normalized spacial score (nSPS) is 10.8. The van der Waals surface area contributed by atoms with Gasteiger partial charge in [-0.2, -0.15) is 4.98 Å². The predicted molar refractivity (Wildman–Crippen MR) is 105 cm³/mol. The molecule has 2 N–H and O–H groups in total. The fourth-order valence-corrected chi connectivity index (χ4v) is 2.86. The van der Waals surface area contributed by atoms with Gasteiger partial charge in [0.05, 0.1) is 41.3 Å². The van der Waals surface area contributed by atoms with Crippen molar-refractivity contribution in [1.82, 2.24) is 34.8 Å². The molecule has 0 aliphatic carbocycles. The van der Waals surface area contributed by atoms with Crippen molar-refractivity contribution in [1.29, 1.82) is 0 Å². The largest absolute Gasteiger partial charge is 0.354 e. The second kappa shape index (κ2) is 7.20. The fraction of sp³-hybridized carbons (Fsp3) is 0.111. The lowest BCUT2D eigenvalue weighted by atomic mass is 10.2. The summed E-state index contributed by atoms with van der Waals surface area (Å²) >= 11 is 6.07. The maximum absolute atomic E-state index is 11.6. The Kier molecular flexibility index (Phi) is 4.58. The standard InChI is InChI=1S/C18H15ClN8O/c1-20-17(28)13-4-3-10(7-22-13)23-16-15-12(25-18(19)26-16)6-5-11(24-15)14-8-21-9-27(14)2/h3-9H,1-2H3,(H,20,28)(H,23,25,26). The summed E-state index contributed by atoms with van der Waals surface area (Å²) in [5.41, 5.74) is 3.70. The van der Waals surface area contributed by atoms with E-state index in [4.69, 9.17) is 11.6 Å². The van der Waals surface area contributed by atoms with Crippen LogP contribution in [0.4, 0.5) is 11.5 Å². The Morgan fingerprint density at radius 2 is 1.96 bits per heavy atom. The van der Waals surface area contributed by atoms with Gasteiger partial charge in [-0.15, -0.1) is 0 Å². The Bertz CT molecular complexity index is 1170. The van der Waals surface area contributed by atoms with Gasteiger partial charge in [-0.3, -0.25) is 4.79 Å². The molecule has 140 valence electrons. The Balaban J connectivity index is 1.75. The van der Waals surface area contributed by atoms with E-state index in [1.54, 1.807) is 31.7 Å². The molecule has 0 aliphatic heterocycles. The van der Waals surface area contributed by atoms with Crippen LogP contribution < -0.4 is 10.6 Å². The van der Waals surface area contributed by atoms with Crippen LogP contribution >= 0.6 is 11.6 Å². The van der Waals surface area contributed by atoms with E-state index in [9.17, 15) is 4.79 Å². The molecule has 0 atom stereocenters. The van der Waals surface area contributed by atoms with Crippen molar-refractivity contribution in [2.75, 3.05) is 12.4 Å². The molecule has 0 aromatic carbocycles. The Morgan fingerprint density at radius 3 is 2.64 bits per heavy atom. The number of imidazole rings is 1. The number of nitrogens with one attached hydrogen (secondary N) is 2. The summed E-state index contributed by atoms with van der Waals surface area (Å²) < 4.78 is 1.87. The van der Waals surface area contributed by atoms with Gasteiger partial charge in [0.15, 0.2) is 5.82 Å². The smallest absolute Gasteiger partial charge is 0.269 e. The molecule has 4 heterocycles. The number of anilines is 2. The summed E-state index contributed by atoms with van der Waals surface area (Å²) in [7, 11) is 3.45. The first kappa shape index (κ1) is 17.8. The maximum atomic E-state index is 11.6. The minimum atomic E-state index is -0.260. The number of aryl methyl sites for hydroxylation is 1. The lowest BCUT2D eigenvalue weighted by Crippen LogP contribution is -2.18. The quantitative estimate of drug-likeness (QED) is 0.512. The number of hydrogen-bond acceptors (Lipinski definition) is 7. The van der Waals surface area contributed by atoms with Crippen molar-refractivity contribution in [3.05, 3.63) is 54.0 Å². The Morgan fingerprint density at radius 1 is 1.11 bits per heavy atom. The van der Waals surface area contributed by atoms with E-state index in [-0.39, 0.29) is 11.2 Å². The van der Waals surface area contributed by atoms with E-state index in [0.29, 0.717) is 28.2 Å². The van der Waals surface area contributed by atoms with Crippen LogP contribution in [0.3, 0.4) is 0 Å². The first-order valence-corrected chi connectivity index (χ1v) is 8.69. The third-order valence-electron chi connectivity index (χ3n) is 4.08. The van der Waals surface area contributed by atoms with E-state index in [1.165, 1.54) is 6.20 Å². The monoisotopic (exact) mass is 394 g/mol. The average Bonchev–Trinajstić information content (AvgIpc) is 3.13. The van der Waals surface area contributed by atoms with E-state index >= 15 is 0 Å². The number of amides is 1. The number of carbonyl (C=O) groups excluding carboxylic acids is 1. The summed E-state index contributed by atoms with van der Waals surface area (Å²) in [5.74, 6) is 0.179. The summed E-state index contributed by atoms with van der Waals surface area (Å²) in [5, 5.41) is 5.77. The molecule has 0 bridgehead atoms. The van der Waals surface area contributed by atoms with Crippen LogP contribution in [-0.2, 0) is 7.05 Å². The molecule has 1 amide bonds. The zero-order chi connectivity index (χ0) is 19.7. The SMILES string of the molecule is CNC(=O)c1ccc(Nc2nc(Cl)nc3ccc(-c4cncn4C)nc23)cn1. The number of carbonyl (C=O) groups is 1. The number of halogens is 1. The molecule has 4 aromatic heterocycles. The van der Waals surface area contributed by atoms with E-state index in [2.05, 4.69) is 35.6 Å². The summed E-state index contributed by atoms with van der Waals surface area (Å²) in [6, 6.07) is 7.02. The molecule has 9 nitrogen and oxygen atoms in total. The van der Waals surface area contributed by atoms with Crippen LogP contribution in [0.25, 0.3) is 22.4 Å². The van der Waals surface area contributed by atoms with Gasteiger partial charge in [0.2, 0.25) is 5.28 Å². The van der Waals surface area contributed by atoms with Crippen LogP contribution in [0.15, 0.2) is 43.0 Å². The zero-order valence-electron chi connectivity index (χ0n) is 15.0. The lowest BCUT2D eigenvalue weighted by molar-refractivity contribution is 0.0958. The molecular formula is C18H15ClN8O. The van der Waals surface area contributed by atoms with Gasteiger partial charge < -0.3 is 15.2 Å². The number of nitrogens with zero attached hydrogens (tertiary/aromatic N) is 6. The number of rotatable bonds is 4. The molecule has 0 aliphatic rings. The van der Waals surface area contributed by atoms with Crippen LogP contribution in [-0.4, -0.2) is 42.4 Å². The topological polar surface area (TPSA) is 111 Å². The second-order valence-corrected chi connectivity index (χ2v) is 6.27. The highest BCUT2D eigenvalue weighted by atomic mass is 35.5. The fourth-order valence-electron chi connectivity index (χ4n) is 2.69. The molecule has 10 heteroatoms. The number of pyridine rings is 2. The molecule has 28 heavy (non-hydrogen) atoms. The van der Waals surface area contributed by atoms with E-state index in [0.717, 1.165) is 11.4 Å². The first-order chi connectivity index (χ1) is 13.5. The number of aromatic nitrogens is 6. The third kappa shape index (κ3) is 3.35. The van der Waals surface area contributed by atoms with Crippen molar-refractivity contribution < 1.29 is 4.79 Å². The van der Waals surface area contributed by atoms with Crippen LogP contribution in [0.5, 0.6) is 0 Å². The molecule has 0 saturated heterocycles. The molecule has 0 spiro atoms. The minimum absolute atomic E-state index is 0.0972. The first-order valence-electron chi connectivity index (χ1n) is 8.31. The summed E-state index contributed by atoms with van der Waals surface area (Å²) in [4.78, 5) is 33.1. The molecule has 0 unspecified atom stereocenters. The second-order valence-electron chi connectivity index (χ2n) is 5.93. The van der Waals surface area contributed by atoms with Gasteiger partial charge in [-0.05, 0) is 35.9 Å². The lowest BCUT2D eigenvalue weighted by Gasteiger charge is -2.10. The molecule has 0 fully saturated rings. The van der Waals surface area contributed by atoms with Crippen LogP contribution in [0.1, 0.15) is 10.5 Å². The molecule has 0 saturated carbocycles. The van der Waals surface area contributed by atoms with Crippen LogP contribution in [0, 0.1) is 0 Å². The minimum Gasteiger partial charge on any atom is -0.354 e. The van der Waals surface area contributed by atoms with Gasteiger partial charge in [0, 0.05) is 14.1 Å². The maximum Gasteiger partial charge on any atom is 0.269 e. The average molecular weight is 395 g/mol. The van der Waals surface area contributed by atoms with Gasteiger partial charge in [-0.25, -0.2) is 19.9 Å². The van der Waals surface area contributed by atoms with Crippen molar-refractivity contribution in [2.45, 2.75) is 0 Å². The summed E-state index contributed by atoms with van der Waals surface area (Å²) in [6.07, 6.45) is 4.98. The highest BCUT2D eigenvalue weighted by molar-refractivity contribution is 6.28. The van der Waals surface area contributed by atoms with Gasteiger partial charge >= 0.3 is 0 Å². The molecule has 4 aromatic rings. The zero-order valence-corrected chi connectivity index (χ0v) is 15.8. The van der Waals surface area contributed by atoms with Crippen molar-refractivity contribution in [2.24, 2.45) is 7.05 Å². The predicted octanol–water partition coefficient (Wildman–Crippen LogP) is 2.58. The number of fused-ring (bicyclic) bond motifs is 1. The van der Waals surface area contributed by atoms with Gasteiger partial charge in [0.25, 0.3) is 5.91 Å². The van der Waals surface area contributed by atoms with Crippen LogP contribution in [0.2, 0.25) is 5.28 Å². The molecular weight excluding hydrogens is 380 g/mol. The molecule has 0 radical (unpaired) electrons. The molecule has 4 rings (SSSR count). The highest BCUT2D eigenvalue weighted by Crippen LogP contribution is 2.26. The Hall–Kier alpha value is -3.59. The third-order valence-corrected chi connectivity index (χ3v) is 4.25. The van der Waals surface area contributed by atoms with Crippen molar-refractivity contribution in [3.63, 3.8) is 0 Å². The Labute approximate surface area is 164 Å². The highest BCUT2D eigenvalue weighted by Gasteiger charge is 2.13.